The summed E-state index contributed by atoms with van der Waals surface area (Å²) in [5.41, 5.74) is 8.32. The zero-order chi connectivity index (χ0) is 46.9. The first kappa shape index (κ1) is 43.5. The number of fused-ring (bicyclic) bond motifs is 3. The number of benzene rings is 8. The van der Waals surface area contributed by atoms with E-state index in [1.54, 1.807) is 24.1 Å². The zero-order valence-electron chi connectivity index (χ0n) is 37.3. The molecule has 10 heteroatoms. The molecule has 2 atom stereocenters. The third kappa shape index (κ3) is 7.73. The molecule has 338 valence electrons. The second-order valence-electron chi connectivity index (χ2n) is 16.9. The molecule has 0 spiro atoms. The van der Waals surface area contributed by atoms with Crippen molar-refractivity contribution in [2.24, 2.45) is 0 Å². The number of ether oxygens (including phenoxy) is 3. The van der Waals surface area contributed by atoms with Gasteiger partial charge in [0, 0.05) is 29.1 Å². The van der Waals surface area contributed by atoms with Crippen LogP contribution in [0.5, 0.6) is 28.7 Å². The third-order valence-electron chi connectivity index (χ3n) is 12.9. The topological polar surface area (TPSA) is 109 Å². The number of halogens is 1. The van der Waals surface area contributed by atoms with Crippen molar-refractivity contribution in [1.29, 1.82) is 0 Å². The monoisotopic (exact) mass is 902 g/mol. The van der Waals surface area contributed by atoms with Gasteiger partial charge in [-0.05, 0) is 64.1 Å². The molecule has 0 saturated heterocycles. The number of methoxy groups -OCH3 is 1. The van der Waals surface area contributed by atoms with Crippen LogP contribution in [0.25, 0.3) is 0 Å². The van der Waals surface area contributed by atoms with E-state index in [2.05, 4.69) is 24.3 Å². The summed E-state index contributed by atoms with van der Waals surface area (Å²) < 4.78 is 32.1. The molecule has 2 unspecified atom stereocenters. The van der Waals surface area contributed by atoms with Crippen LogP contribution in [0.4, 0.5) is 15.8 Å². The van der Waals surface area contributed by atoms with Gasteiger partial charge in [0.25, 0.3) is 0 Å². The van der Waals surface area contributed by atoms with Crippen LogP contribution >= 0.6 is 0 Å². The Morgan fingerprint density at radius 1 is 0.544 bits per heavy atom. The van der Waals surface area contributed by atoms with Gasteiger partial charge in [0.1, 0.15) is 30.5 Å². The lowest BCUT2D eigenvalue weighted by Crippen LogP contribution is -2.34. The van der Waals surface area contributed by atoms with Crippen LogP contribution in [0.2, 0.25) is 0 Å². The summed E-state index contributed by atoms with van der Waals surface area (Å²) in [5.74, 6) is -2.40. The number of anilines is 2. The van der Waals surface area contributed by atoms with Crippen LogP contribution in [0, 0.1) is 12.7 Å². The van der Waals surface area contributed by atoms with E-state index < -0.39 is 23.7 Å². The molecule has 2 N–H and O–H groups in total. The number of phenolic OH excluding ortho intramolecular Hbond substituents is 2. The number of hydrogen-bond acceptors (Lipinski definition) is 7. The Balaban J connectivity index is 0.000000159. The summed E-state index contributed by atoms with van der Waals surface area (Å²) in [7, 11) is 1.57. The molecule has 8 aromatic carbocycles. The van der Waals surface area contributed by atoms with Crippen molar-refractivity contribution in [2.75, 3.05) is 30.1 Å². The SMILES string of the molecule is COc1cc(O)c(C2C(=O)N(C(c3ccccc3)c3ccccc3)c3ccccc32)cc1C.O=C1C(c2c(O)cc3c(c2F)OCCO3)c2ccccc2N1C(c1ccccc1)c1ccccc1. The molecule has 11 rings (SSSR count). The maximum absolute atomic E-state index is 15.8. The van der Waals surface area contributed by atoms with Gasteiger partial charge >= 0.3 is 0 Å². The number of aromatic hydroxyl groups is 2. The van der Waals surface area contributed by atoms with Crippen LogP contribution in [0.1, 0.15) is 74.0 Å². The van der Waals surface area contributed by atoms with Crippen LogP contribution in [0.15, 0.2) is 188 Å². The minimum Gasteiger partial charge on any atom is -0.507 e. The first-order valence-corrected chi connectivity index (χ1v) is 22.5. The van der Waals surface area contributed by atoms with E-state index in [4.69, 9.17) is 14.2 Å². The summed E-state index contributed by atoms with van der Waals surface area (Å²) >= 11 is 0. The number of carbonyl (C=O) groups is 2. The van der Waals surface area contributed by atoms with Gasteiger partial charge in [-0.2, -0.15) is 0 Å². The van der Waals surface area contributed by atoms with Crippen LogP contribution < -0.4 is 24.0 Å². The largest absolute Gasteiger partial charge is 0.507 e. The first-order valence-electron chi connectivity index (χ1n) is 22.5. The zero-order valence-corrected chi connectivity index (χ0v) is 37.3. The minimum absolute atomic E-state index is 0.0587. The average Bonchev–Trinajstić information content (AvgIpc) is 3.82. The Hall–Kier alpha value is -8.37. The normalized spacial score (nSPS) is 15.8. The molecule has 0 radical (unpaired) electrons. The van der Waals surface area contributed by atoms with Gasteiger partial charge in [-0.1, -0.05) is 158 Å². The lowest BCUT2D eigenvalue weighted by molar-refractivity contribution is -0.119. The number of para-hydroxylation sites is 2. The van der Waals surface area contributed by atoms with Crippen molar-refractivity contribution in [3.05, 3.63) is 244 Å². The molecule has 0 bridgehead atoms. The van der Waals surface area contributed by atoms with Gasteiger partial charge < -0.3 is 24.4 Å². The summed E-state index contributed by atoms with van der Waals surface area (Å²) in [6, 6.07) is 58.9. The van der Waals surface area contributed by atoms with Gasteiger partial charge in [0.05, 0.1) is 36.6 Å². The summed E-state index contributed by atoms with van der Waals surface area (Å²) in [6.07, 6.45) is 0. The number of hydrogen-bond donors (Lipinski definition) is 2. The van der Waals surface area contributed by atoms with Crippen LogP contribution in [0.3, 0.4) is 0 Å². The fourth-order valence-electron chi connectivity index (χ4n) is 9.89. The molecule has 0 fully saturated rings. The second-order valence-corrected chi connectivity index (χ2v) is 16.9. The van der Waals surface area contributed by atoms with E-state index in [9.17, 15) is 19.8 Å². The number of carbonyl (C=O) groups excluding carboxylic acids is 2. The summed E-state index contributed by atoms with van der Waals surface area (Å²) in [6.45, 7) is 2.38. The van der Waals surface area contributed by atoms with E-state index in [0.29, 0.717) is 22.6 Å². The van der Waals surface area contributed by atoms with Crippen molar-refractivity contribution in [1.82, 2.24) is 0 Å². The van der Waals surface area contributed by atoms with E-state index in [1.165, 1.54) is 6.07 Å². The molecule has 9 nitrogen and oxygen atoms in total. The standard InChI is InChI=1S/C29H22FNO4.C29H25NO3/c30-26-25(22(32)17-23-28(26)35-16-15-34-23)24-20-13-7-8-14-21(20)31(29(24)33)27(18-9-3-1-4-10-18)19-11-5-2-6-12-19;1-19-17-23(25(31)18-26(19)33-2)27-22-15-9-10-16-24(22)30(29(27)32)28(20-11-5-3-6-12-20)21-13-7-4-8-14-21/h1-14,17,24,27,32H,15-16H2;3-18,27-28,31H,1-2H3. The van der Waals surface area contributed by atoms with Gasteiger partial charge in [0.2, 0.25) is 11.8 Å². The molecule has 0 saturated carbocycles. The van der Waals surface area contributed by atoms with Gasteiger partial charge in [-0.3, -0.25) is 19.4 Å². The van der Waals surface area contributed by atoms with Gasteiger partial charge in [0.15, 0.2) is 17.3 Å². The highest BCUT2D eigenvalue weighted by Crippen LogP contribution is 2.53. The molecule has 8 aromatic rings. The lowest BCUT2D eigenvalue weighted by atomic mass is 9.90. The molecular formula is C58H47FN2O7. The molecule has 0 aromatic heterocycles. The maximum atomic E-state index is 15.8. The number of rotatable bonds is 9. The van der Waals surface area contributed by atoms with E-state index in [1.807, 2.05) is 157 Å². The van der Waals surface area contributed by atoms with E-state index in [-0.39, 0.29) is 59.6 Å². The fraction of sp³-hybridized carbons (Fsp3) is 0.138. The second kappa shape index (κ2) is 18.5. The molecule has 2 amide bonds. The number of amides is 2. The fourth-order valence-corrected chi connectivity index (χ4v) is 9.89. The number of nitrogens with zero attached hydrogens (tertiary/aromatic N) is 2. The van der Waals surface area contributed by atoms with Crippen molar-refractivity contribution in [3.63, 3.8) is 0 Å². The molecule has 3 aliphatic heterocycles. The maximum Gasteiger partial charge on any atom is 0.240 e. The predicted molar refractivity (Wildman–Crippen MR) is 259 cm³/mol. The quantitative estimate of drug-likeness (QED) is 0.148. The van der Waals surface area contributed by atoms with Crippen molar-refractivity contribution >= 4 is 23.2 Å². The highest BCUT2D eigenvalue weighted by Gasteiger charge is 2.46. The van der Waals surface area contributed by atoms with Gasteiger partial charge in [-0.15, -0.1) is 0 Å². The summed E-state index contributed by atoms with van der Waals surface area (Å²) in [4.78, 5) is 31.9. The molecule has 68 heavy (non-hydrogen) atoms. The molecular weight excluding hydrogens is 856 g/mol. The number of phenols is 2. The first-order chi connectivity index (χ1) is 33.2. The lowest BCUT2D eigenvalue weighted by Gasteiger charge is -2.30. The van der Waals surface area contributed by atoms with Crippen molar-refractivity contribution in [2.45, 2.75) is 30.8 Å². The molecule has 3 heterocycles. The smallest absolute Gasteiger partial charge is 0.240 e. The summed E-state index contributed by atoms with van der Waals surface area (Å²) in [5, 5.41) is 21.7. The van der Waals surface area contributed by atoms with Crippen LogP contribution in [-0.2, 0) is 9.59 Å². The van der Waals surface area contributed by atoms with Crippen LogP contribution in [-0.4, -0.2) is 42.4 Å². The minimum atomic E-state index is -1.03. The van der Waals surface area contributed by atoms with Gasteiger partial charge in [-0.25, -0.2) is 4.39 Å². The average molecular weight is 903 g/mol. The van der Waals surface area contributed by atoms with E-state index >= 15 is 4.39 Å². The molecule has 3 aliphatic rings. The highest BCUT2D eigenvalue weighted by atomic mass is 19.1. The Labute approximate surface area is 393 Å². The Morgan fingerprint density at radius 2 is 0.971 bits per heavy atom. The Kier molecular flexibility index (Phi) is 11.8. The van der Waals surface area contributed by atoms with E-state index in [0.717, 1.165) is 39.1 Å². The molecule has 0 aliphatic carbocycles. The highest BCUT2D eigenvalue weighted by molar-refractivity contribution is 6.09. The van der Waals surface area contributed by atoms with Crippen molar-refractivity contribution < 1.29 is 38.4 Å². The Bertz CT molecular complexity index is 3050. The van der Waals surface area contributed by atoms with Crippen molar-refractivity contribution in [3.8, 4) is 28.7 Å². The Morgan fingerprint density at radius 3 is 1.46 bits per heavy atom. The third-order valence-corrected chi connectivity index (χ3v) is 12.9. The number of aryl methyl sites for hydroxylation is 1. The predicted octanol–water partition coefficient (Wildman–Crippen LogP) is 11.5.